The fourth-order valence-electron chi connectivity index (χ4n) is 1.82. The van der Waals surface area contributed by atoms with Crippen LogP contribution in [0.25, 0.3) is 0 Å². The molecule has 6 heteroatoms. The first kappa shape index (κ1) is 16.0. The first-order valence-electron chi connectivity index (χ1n) is 6.75. The number of rotatable bonds is 6. The number of ether oxygens (including phenoxy) is 1. The summed E-state index contributed by atoms with van der Waals surface area (Å²) in [7, 11) is 0. The van der Waals surface area contributed by atoms with Crippen molar-refractivity contribution in [2.75, 3.05) is 6.54 Å². The highest BCUT2D eigenvalue weighted by Crippen LogP contribution is 2.16. The van der Waals surface area contributed by atoms with Crippen LogP contribution in [0.1, 0.15) is 24.2 Å². The fourth-order valence-corrected chi connectivity index (χ4v) is 2.53. The molecule has 0 radical (unpaired) electrons. The van der Waals surface area contributed by atoms with Gasteiger partial charge in [0.25, 0.3) is 5.91 Å². The van der Waals surface area contributed by atoms with Gasteiger partial charge in [-0.25, -0.2) is 0 Å². The zero-order valence-electron chi connectivity index (χ0n) is 12.0. The van der Waals surface area contributed by atoms with Gasteiger partial charge in [0.05, 0.1) is 17.7 Å². The molecule has 2 unspecified atom stereocenters. The van der Waals surface area contributed by atoms with Crippen LogP contribution in [0.5, 0.6) is 5.75 Å². The minimum Gasteiger partial charge on any atom is -0.481 e. The maximum atomic E-state index is 12.0. The maximum Gasteiger partial charge on any atom is 0.260 e. The third-order valence-electron chi connectivity index (χ3n) is 3.04. The van der Waals surface area contributed by atoms with Crippen LogP contribution < -0.4 is 10.1 Å². The predicted molar refractivity (Wildman–Crippen MR) is 83.5 cm³/mol. The number of nitriles is 1. The van der Waals surface area contributed by atoms with Crippen molar-refractivity contribution in [3.63, 3.8) is 0 Å². The average molecular weight is 316 g/mol. The van der Waals surface area contributed by atoms with Gasteiger partial charge in [0.2, 0.25) is 0 Å². The highest BCUT2D eigenvalue weighted by Gasteiger charge is 2.16. The second-order valence-electron chi connectivity index (χ2n) is 4.72. The molecule has 5 nitrogen and oxygen atoms in total. The molecule has 0 saturated heterocycles. The minimum atomic E-state index is -0.732. The van der Waals surface area contributed by atoms with Gasteiger partial charge in [-0.3, -0.25) is 4.79 Å². The summed E-state index contributed by atoms with van der Waals surface area (Å²) in [5, 5.41) is 25.1. The molecule has 0 bridgehead atoms. The van der Waals surface area contributed by atoms with E-state index >= 15 is 0 Å². The van der Waals surface area contributed by atoms with Crippen LogP contribution in [0.3, 0.4) is 0 Å². The lowest BCUT2D eigenvalue weighted by Crippen LogP contribution is -2.38. The van der Waals surface area contributed by atoms with Crippen molar-refractivity contribution in [3.05, 3.63) is 52.2 Å². The fraction of sp³-hybridized carbons (Fsp3) is 0.250. The number of carbonyl (C=O) groups excluding carboxylic acids is 1. The molecule has 0 aliphatic rings. The van der Waals surface area contributed by atoms with Crippen molar-refractivity contribution in [3.8, 4) is 11.8 Å². The van der Waals surface area contributed by atoms with Gasteiger partial charge in [0.15, 0.2) is 6.10 Å². The largest absolute Gasteiger partial charge is 0.481 e. The van der Waals surface area contributed by atoms with Gasteiger partial charge in [0.1, 0.15) is 5.75 Å². The number of aliphatic hydroxyl groups is 1. The lowest BCUT2D eigenvalue weighted by molar-refractivity contribution is -0.127. The van der Waals surface area contributed by atoms with Crippen LogP contribution in [0, 0.1) is 11.3 Å². The van der Waals surface area contributed by atoms with Gasteiger partial charge in [0, 0.05) is 6.54 Å². The molecular weight excluding hydrogens is 300 g/mol. The molecule has 1 aromatic heterocycles. The Labute approximate surface area is 132 Å². The Kier molecular flexibility index (Phi) is 5.53. The Bertz CT molecular complexity index is 664. The van der Waals surface area contributed by atoms with E-state index in [2.05, 4.69) is 5.32 Å². The summed E-state index contributed by atoms with van der Waals surface area (Å²) < 4.78 is 5.50. The smallest absolute Gasteiger partial charge is 0.260 e. The van der Waals surface area contributed by atoms with Gasteiger partial charge < -0.3 is 15.2 Å². The van der Waals surface area contributed by atoms with Gasteiger partial charge in [-0.05, 0) is 47.5 Å². The van der Waals surface area contributed by atoms with Crippen LogP contribution in [0.4, 0.5) is 0 Å². The molecule has 1 amide bonds. The summed E-state index contributed by atoms with van der Waals surface area (Å²) in [6.45, 7) is 1.74. The van der Waals surface area contributed by atoms with E-state index in [9.17, 15) is 9.90 Å². The predicted octanol–water partition coefficient (Wildman–Crippen LogP) is 2.24. The number of carbonyl (C=O) groups is 1. The van der Waals surface area contributed by atoms with Gasteiger partial charge in [-0.2, -0.15) is 16.6 Å². The number of benzene rings is 1. The van der Waals surface area contributed by atoms with E-state index in [0.29, 0.717) is 11.3 Å². The van der Waals surface area contributed by atoms with Crippen LogP contribution >= 0.6 is 11.3 Å². The Balaban J connectivity index is 1.85. The summed E-state index contributed by atoms with van der Waals surface area (Å²) in [5.74, 6) is 0.136. The molecule has 22 heavy (non-hydrogen) atoms. The number of amides is 1. The first-order chi connectivity index (χ1) is 10.6. The van der Waals surface area contributed by atoms with E-state index < -0.39 is 12.2 Å². The molecule has 0 aliphatic heterocycles. The highest BCUT2D eigenvalue weighted by atomic mass is 32.1. The molecule has 2 aromatic rings. The lowest BCUT2D eigenvalue weighted by Gasteiger charge is -2.16. The normalized spacial score (nSPS) is 13.0. The SMILES string of the molecule is CC(Oc1cccc(C#N)c1)C(=O)NCC(O)c1ccsc1. The van der Waals surface area contributed by atoms with Crippen LogP contribution in [-0.2, 0) is 4.79 Å². The summed E-state index contributed by atoms with van der Waals surface area (Å²) in [6, 6.07) is 10.4. The van der Waals surface area contributed by atoms with Gasteiger partial charge >= 0.3 is 0 Å². The zero-order valence-corrected chi connectivity index (χ0v) is 12.8. The summed E-state index contributed by atoms with van der Waals surface area (Å²) in [5.41, 5.74) is 1.25. The summed E-state index contributed by atoms with van der Waals surface area (Å²) in [6.07, 6.45) is -1.45. The molecule has 1 aromatic carbocycles. The molecule has 0 saturated carbocycles. The molecule has 2 N–H and O–H groups in total. The van der Waals surface area contributed by atoms with E-state index in [4.69, 9.17) is 10.00 Å². The standard InChI is InChI=1S/C16H16N2O3S/c1-11(21-14-4-2-3-12(7-14)8-17)16(20)18-9-15(19)13-5-6-22-10-13/h2-7,10-11,15,19H,9H2,1H3,(H,18,20). The quantitative estimate of drug-likeness (QED) is 0.856. The second-order valence-corrected chi connectivity index (χ2v) is 5.50. The molecule has 0 fully saturated rings. The molecule has 2 atom stereocenters. The number of aliphatic hydroxyl groups excluding tert-OH is 1. The molecule has 1 heterocycles. The number of nitrogens with one attached hydrogen (secondary N) is 1. The average Bonchev–Trinajstić information content (AvgIpc) is 3.06. The molecule has 114 valence electrons. The number of nitrogens with zero attached hydrogens (tertiary/aromatic N) is 1. The minimum absolute atomic E-state index is 0.126. The lowest BCUT2D eigenvalue weighted by atomic mass is 10.2. The topological polar surface area (TPSA) is 82.3 Å². The third-order valence-corrected chi connectivity index (χ3v) is 3.74. The van der Waals surface area contributed by atoms with Crippen molar-refractivity contribution in [2.24, 2.45) is 0 Å². The van der Waals surface area contributed by atoms with E-state index in [-0.39, 0.29) is 12.5 Å². The van der Waals surface area contributed by atoms with E-state index in [1.807, 2.05) is 22.9 Å². The van der Waals surface area contributed by atoms with Crippen molar-refractivity contribution < 1.29 is 14.6 Å². The van der Waals surface area contributed by atoms with Crippen molar-refractivity contribution in [1.29, 1.82) is 5.26 Å². The van der Waals surface area contributed by atoms with Crippen molar-refractivity contribution in [1.82, 2.24) is 5.32 Å². The van der Waals surface area contributed by atoms with Crippen molar-refractivity contribution in [2.45, 2.75) is 19.1 Å². The first-order valence-corrected chi connectivity index (χ1v) is 7.69. The Morgan fingerprint density at radius 3 is 3.00 bits per heavy atom. The van der Waals surface area contributed by atoms with Crippen molar-refractivity contribution >= 4 is 17.2 Å². The number of hydrogen-bond donors (Lipinski definition) is 2. The van der Waals surface area contributed by atoms with Crippen LogP contribution in [-0.4, -0.2) is 23.7 Å². The molecule has 2 rings (SSSR count). The second kappa shape index (κ2) is 7.59. The van der Waals surface area contributed by atoms with Crippen LogP contribution in [0.15, 0.2) is 41.1 Å². The zero-order chi connectivity index (χ0) is 15.9. The third kappa shape index (κ3) is 4.32. The number of hydrogen-bond acceptors (Lipinski definition) is 5. The molecular formula is C16H16N2O3S. The van der Waals surface area contributed by atoms with E-state index in [0.717, 1.165) is 5.56 Å². The Morgan fingerprint density at radius 1 is 1.50 bits per heavy atom. The summed E-state index contributed by atoms with van der Waals surface area (Å²) >= 11 is 1.49. The van der Waals surface area contributed by atoms with Gasteiger partial charge in [-0.1, -0.05) is 6.07 Å². The monoisotopic (exact) mass is 316 g/mol. The van der Waals surface area contributed by atoms with E-state index in [1.165, 1.54) is 11.3 Å². The Hall–Kier alpha value is -2.36. The maximum absolute atomic E-state index is 12.0. The Morgan fingerprint density at radius 2 is 2.32 bits per heavy atom. The van der Waals surface area contributed by atoms with E-state index in [1.54, 1.807) is 31.2 Å². The number of thiophene rings is 1. The van der Waals surface area contributed by atoms with Gasteiger partial charge in [-0.15, -0.1) is 0 Å². The molecule has 0 spiro atoms. The van der Waals surface area contributed by atoms with Crippen LogP contribution in [0.2, 0.25) is 0 Å². The molecule has 0 aliphatic carbocycles. The highest BCUT2D eigenvalue weighted by molar-refractivity contribution is 7.07. The summed E-state index contributed by atoms with van der Waals surface area (Å²) in [4.78, 5) is 12.0.